The minimum Gasteiger partial charge on any atom is -0.491 e. The van der Waals surface area contributed by atoms with E-state index in [-0.39, 0.29) is 11.9 Å². The van der Waals surface area contributed by atoms with E-state index in [1.807, 2.05) is 38.1 Å². The lowest BCUT2D eigenvalue weighted by atomic mass is 9.97. The molecule has 0 saturated carbocycles. The highest BCUT2D eigenvalue weighted by atomic mass is 19.1. The third-order valence-electron chi connectivity index (χ3n) is 3.10. The van der Waals surface area contributed by atoms with E-state index in [9.17, 15) is 9.50 Å². The minimum absolute atomic E-state index is 0.0256. The second kappa shape index (κ2) is 6.06. The molecular formula is C17H19FO2. The van der Waals surface area contributed by atoms with Gasteiger partial charge in [0.05, 0.1) is 6.10 Å². The number of hydrogen-bond acceptors (Lipinski definition) is 2. The Balaban J connectivity index is 2.40. The number of aliphatic hydroxyl groups is 1. The molecule has 0 heterocycles. The van der Waals surface area contributed by atoms with Crippen LogP contribution in [0.15, 0.2) is 42.5 Å². The highest BCUT2D eigenvalue weighted by molar-refractivity contribution is 5.42. The Morgan fingerprint density at radius 1 is 1.05 bits per heavy atom. The number of halogens is 1. The molecule has 2 rings (SSSR count). The first-order chi connectivity index (χ1) is 9.49. The topological polar surface area (TPSA) is 29.5 Å². The van der Waals surface area contributed by atoms with E-state index in [0.29, 0.717) is 16.9 Å². The molecule has 0 radical (unpaired) electrons. The number of rotatable bonds is 4. The second-order valence-corrected chi connectivity index (χ2v) is 5.11. The van der Waals surface area contributed by atoms with Crippen LogP contribution in [0.5, 0.6) is 5.75 Å². The van der Waals surface area contributed by atoms with E-state index in [1.54, 1.807) is 13.0 Å². The Hall–Kier alpha value is -1.87. The van der Waals surface area contributed by atoms with Gasteiger partial charge < -0.3 is 9.84 Å². The third-order valence-corrected chi connectivity index (χ3v) is 3.10. The van der Waals surface area contributed by atoms with Gasteiger partial charge in [-0.15, -0.1) is 0 Å². The fourth-order valence-corrected chi connectivity index (χ4v) is 2.18. The van der Waals surface area contributed by atoms with Crippen molar-refractivity contribution < 1.29 is 14.2 Å². The van der Waals surface area contributed by atoms with Crippen LogP contribution in [-0.4, -0.2) is 11.2 Å². The van der Waals surface area contributed by atoms with Crippen LogP contribution in [0, 0.1) is 12.7 Å². The zero-order valence-corrected chi connectivity index (χ0v) is 11.9. The summed E-state index contributed by atoms with van der Waals surface area (Å²) in [5, 5.41) is 10.6. The van der Waals surface area contributed by atoms with Gasteiger partial charge in [0, 0.05) is 5.56 Å². The van der Waals surface area contributed by atoms with Crippen LogP contribution >= 0.6 is 0 Å². The Labute approximate surface area is 118 Å². The third kappa shape index (κ3) is 3.17. The number of aliphatic hydroxyl groups excluding tert-OH is 1. The van der Waals surface area contributed by atoms with Gasteiger partial charge in [0.25, 0.3) is 0 Å². The zero-order chi connectivity index (χ0) is 14.7. The first kappa shape index (κ1) is 14.5. The van der Waals surface area contributed by atoms with Crippen LogP contribution < -0.4 is 4.74 Å². The van der Waals surface area contributed by atoms with Crippen molar-refractivity contribution in [2.75, 3.05) is 0 Å². The van der Waals surface area contributed by atoms with Gasteiger partial charge in [-0.1, -0.05) is 24.3 Å². The van der Waals surface area contributed by atoms with Crippen LogP contribution in [0.3, 0.4) is 0 Å². The van der Waals surface area contributed by atoms with Crippen molar-refractivity contribution in [2.45, 2.75) is 33.0 Å². The normalized spacial score (nSPS) is 12.5. The van der Waals surface area contributed by atoms with Gasteiger partial charge in [-0.3, -0.25) is 0 Å². The van der Waals surface area contributed by atoms with E-state index in [0.717, 1.165) is 5.56 Å². The monoisotopic (exact) mass is 274 g/mol. The molecule has 0 aromatic heterocycles. The van der Waals surface area contributed by atoms with Gasteiger partial charge in [-0.05, 0) is 50.1 Å². The highest BCUT2D eigenvalue weighted by Gasteiger charge is 2.18. The fraction of sp³-hybridized carbons (Fsp3) is 0.294. The maximum atomic E-state index is 13.2. The molecule has 1 N–H and O–H groups in total. The minimum atomic E-state index is -0.828. The van der Waals surface area contributed by atoms with Crippen molar-refractivity contribution in [2.24, 2.45) is 0 Å². The molecule has 0 spiro atoms. The molecule has 1 unspecified atom stereocenters. The van der Waals surface area contributed by atoms with Crippen LogP contribution in [-0.2, 0) is 0 Å². The maximum Gasteiger partial charge on any atom is 0.125 e. The Bertz CT molecular complexity index is 593. The number of aryl methyl sites for hydroxylation is 1. The van der Waals surface area contributed by atoms with E-state index >= 15 is 0 Å². The second-order valence-electron chi connectivity index (χ2n) is 5.11. The van der Waals surface area contributed by atoms with E-state index < -0.39 is 6.10 Å². The quantitative estimate of drug-likeness (QED) is 0.913. The molecule has 0 aliphatic rings. The molecule has 20 heavy (non-hydrogen) atoms. The summed E-state index contributed by atoms with van der Waals surface area (Å²) in [6, 6.07) is 11.8. The molecular weight excluding hydrogens is 255 g/mol. The summed E-state index contributed by atoms with van der Waals surface area (Å²) in [4.78, 5) is 0. The molecule has 0 aliphatic carbocycles. The molecule has 0 amide bonds. The summed E-state index contributed by atoms with van der Waals surface area (Å²) in [6.07, 6.45) is -0.803. The predicted molar refractivity (Wildman–Crippen MR) is 77.4 cm³/mol. The summed E-state index contributed by atoms with van der Waals surface area (Å²) in [6.45, 7) is 5.66. The van der Waals surface area contributed by atoms with Gasteiger partial charge in [0.15, 0.2) is 0 Å². The Morgan fingerprint density at radius 2 is 1.75 bits per heavy atom. The van der Waals surface area contributed by atoms with Gasteiger partial charge in [-0.25, -0.2) is 4.39 Å². The van der Waals surface area contributed by atoms with E-state index in [2.05, 4.69) is 0 Å². The molecule has 106 valence electrons. The number of hydrogen-bond donors (Lipinski definition) is 1. The van der Waals surface area contributed by atoms with Crippen molar-refractivity contribution in [3.05, 3.63) is 65.0 Å². The van der Waals surface area contributed by atoms with Crippen molar-refractivity contribution in [1.29, 1.82) is 0 Å². The average molecular weight is 274 g/mol. The number of para-hydroxylation sites is 1. The fourth-order valence-electron chi connectivity index (χ4n) is 2.18. The lowest BCUT2D eigenvalue weighted by Crippen LogP contribution is -2.10. The van der Waals surface area contributed by atoms with Crippen LogP contribution in [0.4, 0.5) is 4.39 Å². The summed E-state index contributed by atoms with van der Waals surface area (Å²) in [5.74, 6) is 0.351. The standard InChI is InChI=1S/C17H19FO2/c1-11(2)20-16-7-5-4-6-15(16)17(19)14-9-8-13(18)10-12(14)3/h4-11,17,19H,1-3H3. The van der Waals surface area contributed by atoms with Gasteiger partial charge in [0.1, 0.15) is 17.7 Å². The van der Waals surface area contributed by atoms with Crippen molar-refractivity contribution >= 4 is 0 Å². The van der Waals surface area contributed by atoms with Crippen LogP contribution in [0.25, 0.3) is 0 Å². The molecule has 0 aliphatic heterocycles. The SMILES string of the molecule is Cc1cc(F)ccc1C(O)c1ccccc1OC(C)C. The molecule has 0 fully saturated rings. The van der Waals surface area contributed by atoms with Crippen LogP contribution in [0.1, 0.15) is 36.6 Å². The summed E-state index contributed by atoms with van der Waals surface area (Å²) < 4.78 is 18.9. The zero-order valence-electron chi connectivity index (χ0n) is 11.9. The smallest absolute Gasteiger partial charge is 0.125 e. The number of benzene rings is 2. The molecule has 2 aromatic rings. The Kier molecular flexibility index (Phi) is 4.40. The first-order valence-electron chi connectivity index (χ1n) is 6.68. The van der Waals surface area contributed by atoms with Gasteiger partial charge in [-0.2, -0.15) is 0 Å². The molecule has 1 atom stereocenters. The van der Waals surface area contributed by atoms with Crippen molar-refractivity contribution in [3.8, 4) is 5.75 Å². The summed E-state index contributed by atoms with van der Waals surface area (Å²) in [7, 11) is 0. The van der Waals surface area contributed by atoms with Crippen molar-refractivity contribution in [1.82, 2.24) is 0 Å². The van der Waals surface area contributed by atoms with Crippen LogP contribution in [0.2, 0.25) is 0 Å². The Morgan fingerprint density at radius 3 is 2.40 bits per heavy atom. The molecule has 0 saturated heterocycles. The largest absolute Gasteiger partial charge is 0.491 e. The molecule has 2 aromatic carbocycles. The van der Waals surface area contributed by atoms with Crippen molar-refractivity contribution in [3.63, 3.8) is 0 Å². The van der Waals surface area contributed by atoms with E-state index in [4.69, 9.17) is 4.74 Å². The molecule has 0 bridgehead atoms. The maximum absolute atomic E-state index is 13.2. The summed E-state index contributed by atoms with van der Waals surface area (Å²) in [5.41, 5.74) is 2.10. The van der Waals surface area contributed by atoms with E-state index in [1.165, 1.54) is 12.1 Å². The summed E-state index contributed by atoms with van der Waals surface area (Å²) >= 11 is 0. The van der Waals surface area contributed by atoms with Gasteiger partial charge in [0.2, 0.25) is 0 Å². The molecule has 3 heteroatoms. The average Bonchev–Trinajstić information content (AvgIpc) is 2.38. The number of ether oxygens (including phenoxy) is 1. The molecule has 2 nitrogen and oxygen atoms in total. The lowest BCUT2D eigenvalue weighted by molar-refractivity contribution is 0.197. The first-order valence-corrected chi connectivity index (χ1v) is 6.68. The highest BCUT2D eigenvalue weighted by Crippen LogP contribution is 2.32. The lowest BCUT2D eigenvalue weighted by Gasteiger charge is -2.19. The van der Waals surface area contributed by atoms with Gasteiger partial charge >= 0.3 is 0 Å². The predicted octanol–water partition coefficient (Wildman–Crippen LogP) is 4.00.